The first-order chi connectivity index (χ1) is 15.8. The number of aromatic nitrogens is 4. The second-order valence-corrected chi connectivity index (χ2v) is 8.68. The van der Waals surface area contributed by atoms with E-state index in [0.717, 1.165) is 13.3 Å². The molecule has 0 radical (unpaired) electrons. The number of piperazine rings is 1. The van der Waals surface area contributed by atoms with E-state index in [4.69, 9.17) is 10.2 Å². The summed E-state index contributed by atoms with van der Waals surface area (Å²) >= 11 is 0. The Balaban J connectivity index is 1.33. The fourth-order valence-electron chi connectivity index (χ4n) is 4.58. The number of carbonyl (C=O) groups is 1. The van der Waals surface area contributed by atoms with Gasteiger partial charge in [0.25, 0.3) is 5.92 Å². The Morgan fingerprint density at radius 3 is 2.73 bits per heavy atom. The molecule has 2 N–H and O–H groups in total. The lowest BCUT2D eigenvalue weighted by molar-refractivity contribution is -0.134. The van der Waals surface area contributed by atoms with Gasteiger partial charge in [-0.15, -0.1) is 5.10 Å². The lowest BCUT2D eigenvalue weighted by Gasteiger charge is -2.38. The molecule has 0 spiro atoms. The summed E-state index contributed by atoms with van der Waals surface area (Å²) in [6, 6.07) is 4.91. The summed E-state index contributed by atoms with van der Waals surface area (Å²) in [5.41, 5.74) is 6.66. The molecule has 2 saturated heterocycles. The highest BCUT2D eigenvalue weighted by Gasteiger charge is 2.37. The molecule has 1 atom stereocenters. The lowest BCUT2D eigenvalue weighted by Crippen LogP contribution is -2.55. The van der Waals surface area contributed by atoms with Crippen molar-refractivity contribution in [3.8, 4) is 11.6 Å². The van der Waals surface area contributed by atoms with Crippen LogP contribution in [-0.4, -0.2) is 86.5 Å². The number of anilines is 2. The van der Waals surface area contributed by atoms with Crippen molar-refractivity contribution in [3.05, 3.63) is 24.5 Å². The van der Waals surface area contributed by atoms with Gasteiger partial charge in [0.1, 0.15) is 11.9 Å². The van der Waals surface area contributed by atoms with Gasteiger partial charge in [-0.05, 0) is 25.0 Å². The molecule has 2 aliphatic heterocycles. The maximum atomic E-state index is 13.3. The molecule has 5 heterocycles. The summed E-state index contributed by atoms with van der Waals surface area (Å²) < 4.78 is 33.4. The van der Waals surface area contributed by atoms with Crippen LogP contribution in [0.1, 0.15) is 19.8 Å². The zero-order valence-electron chi connectivity index (χ0n) is 18.3. The molecule has 1 amide bonds. The Labute approximate surface area is 189 Å². The minimum Gasteiger partial charge on any atom is -0.461 e. The maximum Gasteiger partial charge on any atom is 0.257 e. The molecule has 3 aromatic heterocycles. The third kappa shape index (κ3) is 4.34. The Hall–Kier alpha value is -3.28. The summed E-state index contributed by atoms with van der Waals surface area (Å²) in [6.07, 6.45) is 3.08. The number of hydrogen-bond acceptors (Lipinski definition) is 8. The molecular formula is C21H26F2N8O2. The van der Waals surface area contributed by atoms with Crippen LogP contribution in [0.3, 0.4) is 0 Å². The predicted octanol–water partition coefficient (Wildman–Crippen LogP) is 1.73. The first kappa shape index (κ1) is 21.6. The van der Waals surface area contributed by atoms with E-state index in [-0.39, 0.29) is 24.4 Å². The third-order valence-electron chi connectivity index (χ3n) is 6.10. The van der Waals surface area contributed by atoms with Gasteiger partial charge in [-0.25, -0.2) is 13.8 Å². The fraction of sp³-hybridized carbons (Fsp3) is 0.524. The van der Waals surface area contributed by atoms with Crippen LogP contribution in [0.4, 0.5) is 20.5 Å². The van der Waals surface area contributed by atoms with E-state index < -0.39 is 5.92 Å². The minimum absolute atomic E-state index is 0.00612. The standard InChI is InChI=1S/C21H26F2N8O2/c1-21(22,23)13-28-7-9-29(10-8-28)19(32)14-4-2-6-30(14)16-12-17-25-18(15-5-3-11-33-15)27-31(17)20(24)26-16/h3,5,11-12,14H,2,4,6-10,13H2,1H3,(H2,24,26). The Bertz CT molecular complexity index is 1140. The first-order valence-corrected chi connectivity index (χ1v) is 11.0. The summed E-state index contributed by atoms with van der Waals surface area (Å²) in [5, 5.41) is 4.35. The number of halogens is 2. The van der Waals surface area contributed by atoms with Crippen molar-refractivity contribution in [2.24, 2.45) is 0 Å². The van der Waals surface area contributed by atoms with E-state index >= 15 is 0 Å². The molecule has 2 fully saturated rings. The number of hydrogen-bond donors (Lipinski definition) is 1. The number of fused-ring (bicyclic) bond motifs is 1. The zero-order chi connectivity index (χ0) is 23.2. The van der Waals surface area contributed by atoms with Gasteiger partial charge in [0.15, 0.2) is 11.4 Å². The van der Waals surface area contributed by atoms with Crippen molar-refractivity contribution in [3.63, 3.8) is 0 Å². The Morgan fingerprint density at radius 2 is 2.03 bits per heavy atom. The molecule has 0 bridgehead atoms. The van der Waals surface area contributed by atoms with Gasteiger partial charge < -0.3 is 20.0 Å². The molecule has 2 aliphatic rings. The van der Waals surface area contributed by atoms with Crippen molar-refractivity contribution in [2.45, 2.75) is 31.7 Å². The predicted molar refractivity (Wildman–Crippen MR) is 117 cm³/mol. The molecule has 1 unspecified atom stereocenters. The molecule has 33 heavy (non-hydrogen) atoms. The SMILES string of the molecule is CC(F)(F)CN1CCN(C(=O)C2CCCN2c2cc3nc(-c4ccco4)nn3c(N)n2)CC1. The number of nitrogen functional groups attached to an aromatic ring is 1. The smallest absolute Gasteiger partial charge is 0.257 e. The molecule has 5 rings (SSSR count). The van der Waals surface area contributed by atoms with Crippen LogP contribution in [0.25, 0.3) is 17.2 Å². The highest BCUT2D eigenvalue weighted by atomic mass is 19.3. The van der Waals surface area contributed by atoms with Gasteiger partial charge in [-0.3, -0.25) is 9.69 Å². The van der Waals surface area contributed by atoms with Crippen molar-refractivity contribution in [1.82, 2.24) is 29.4 Å². The maximum absolute atomic E-state index is 13.3. The van der Waals surface area contributed by atoms with Crippen LogP contribution < -0.4 is 10.6 Å². The number of rotatable bonds is 5. The number of nitrogens with two attached hydrogens (primary N) is 1. The Kier molecular flexibility index (Phi) is 5.39. The summed E-state index contributed by atoms with van der Waals surface area (Å²) in [7, 11) is 0. The molecule has 10 nitrogen and oxygen atoms in total. The van der Waals surface area contributed by atoms with Crippen LogP contribution in [0, 0.1) is 0 Å². The highest BCUT2D eigenvalue weighted by molar-refractivity contribution is 5.86. The summed E-state index contributed by atoms with van der Waals surface area (Å²) in [6.45, 7) is 3.05. The molecule has 0 saturated carbocycles. The van der Waals surface area contributed by atoms with Gasteiger partial charge in [0.05, 0.1) is 12.8 Å². The molecule has 3 aromatic rings. The number of nitrogens with zero attached hydrogens (tertiary/aromatic N) is 7. The average molecular weight is 460 g/mol. The van der Waals surface area contributed by atoms with Gasteiger partial charge in [-0.2, -0.15) is 9.50 Å². The average Bonchev–Trinajstić information content (AvgIpc) is 3.52. The van der Waals surface area contributed by atoms with E-state index in [0.29, 0.717) is 62.2 Å². The van der Waals surface area contributed by atoms with Gasteiger partial charge in [-0.1, -0.05) is 0 Å². The van der Waals surface area contributed by atoms with Gasteiger partial charge in [0, 0.05) is 45.7 Å². The molecule has 0 aromatic carbocycles. The monoisotopic (exact) mass is 460 g/mol. The number of carbonyl (C=O) groups excluding carboxylic acids is 1. The number of furan rings is 1. The first-order valence-electron chi connectivity index (χ1n) is 11.0. The molecule has 0 aliphatic carbocycles. The normalized spacial score (nSPS) is 20.2. The minimum atomic E-state index is -2.74. The Morgan fingerprint density at radius 1 is 1.24 bits per heavy atom. The topological polar surface area (TPSA) is 109 Å². The van der Waals surface area contributed by atoms with E-state index in [1.54, 1.807) is 34.3 Å². The van der Waals surface area contributed by atoms with Crippen molar-refractivity contribution >= 4 is 23.3 Å². The second-order valence-electron chi connectivity index (χ2n) is 8.68. The fourth-order valence-corrected chi connectivity index (χ4v) is 4.58. The second kappa shape index (κ2) is 8.25. The molecule has 176 valence electrons. The quantitative estimate of drug-likeness (QED) is 0.613. The van der Waals surface area contributed by atoms with Crippen LogP contribution in [0.5, 0.6) is 0 Å². The van der Waals surface area contributed by atoms with E-state index in [9.17, 15) is 13.6 Å². The third-order valence-corrected chi connectivity index (χ3v) is 6.10. The molecule has 12 heteroatoms. The van der Waals surface area contributed by atoms with E-state index in [1.165, 1.54) is 4.52 Å². The largest absolute Gasteiger partial charge is 0.461 e. The highest BCUT2D eigenvalue weighted by Crippen LogP contribution is 2.28. The van der Waals surface area contributed by atoms with E-state index in [1.807, 2.05) is 4.90 Å². The van der Waals surface area contributed by atoms with Gasteiger partial charge in [0.2, 0.25) is 17.7 Å². The summed E-state index contributed by atoms with van der Waals surface area (Å²) in [5.74, 6) is -1.09. The molecular weight excluding hydrogens is 434 g/mol. The van der Waals surface area contributed by atoms with Crippen LogP contribution >= 0.6 is 0 Å². The van der Waals surface area contributed by atoms with Crippen LogP contribution in [-0.2, 0) is 4.79 Å². The van der Waals surface area contributed by atoms with Crippen LogP contribution in [0.15, 0.2) is 28.9 Å². The van der Waals surface area contributed by atoms with Crippen molar-refractivity contribution in [1.29, 1.82) is 0 Å². The van der Waals surface area contributed by atoms with Crippen molar-refractivity contribution in [2.75, 3.05) is 49.9 Å². The van der Waals surface area contributed by atoms with E-state index in [2.05, 4.69) is 15.1 Å². The van der Waals surface area contributed by atoms with Crippen LogP contribution in [0.2, 0.25) is 0 Å². The van der Waals surface area contributed by atoms with Crippen molar-refractivity contribution < 1.29 is 18.0 Å². The zero-order valence-corrected chi connectivity index (χ0v) is 18.3. The van der Waals surface area contributed by atoms with Gasteiger partial charge >= 0.3 is 0 Å². The number of amides is 1. The number of alkyl halides is 2. The summed E-state index contributed by atoms with van der Waals surface area (Å²) in [4.78, 5) is 27.7. The lowest BCUT2D eigenvalue weighted by atomic mass is 10.1.